The summed E-state index contributed by atoms with van der Waals surface area (Å²) in [6.07, 6.45) is -1.25. The fourth-order valence-electron chi connectivity index (χ4n) is 2.28. The Bertz CT molecular complexity index is 733. The molecule has 1 unspecified atom stereocenters. The van der Waals surface area contributed by atoms with Gasteiger partial charge in [0.05, 0.1) is 0 Å². The minimum atomic E-state index is -4.52. The Balaban J connectivity index is 1.84. The zero-order chi connectivity index (χ0) is 16.8. The molecule has 124 valence electrons. The minimum absolute atomic E-state index is 0.0518. The Morgan fingerprint density at radius 2 is 2.17 bits per heavy atom. The highest BCUT2D eigenvalue weighted by molar-refractivity contribution is 7.15. The third-order valence-electron chi connectivity index (χ3n) is 3.65. The highest BCUT2D eigenvalue weighted by Gasteiger charge is 2.39. The highest BCUT2D eigenvalue weighted by Crippen LogP contribution is 2.43. The van der Waals surface area contributed by atoms with Gasteiger partial charge in [-0.25, -0.2) is 4.98 Å². The first-order chi connectivity index (χ1) is 10.8. The number of aryl methyl sites for hydroxylation is 1. The molecule has 23 heavy (non-hydrogen) atoms. The number of hydrogen-bond acceptors (Lipinski definition) is 4. The van der Waals surface area contributed by atoms with E-state index >= 15 is 0 Å². The van der Waals surface area contributed by atoms with E-state index in [2.05, 4.69) is 15.4 Å². The van der Waals surface area contributed by atoms with Crippen molar-refractivity contribution in [1.82, 2.24) is 14.8 Å². The number of rotatable bonds is 4. The fourth-order valence-corrected chi connectivity index (χ4v) is 2.94. The second kappa shape index (κ2) is 5.63. The SMILES string of the molecule is Cc1cnc(NC(=O)C(C)n2nc(C(F)(F)F)cc2C2CC2)s1. The van der Waals surface area contributed by atoms with Crippen LogP contribution in [0.4, 0.5) is 18.3 Å². The van der Waals surface area contributed by atoms with Gasteiger partial charge < -0.3 is 5.32 Å². The van der Waals surface area contributed by atoms with Crippen LogP contribution in [-0.4, -0.2) is 20.7 Å². The molecular weight excluding hydrogens is 329 g/mol. The standard InChI is InChI=1S/C14H15F3N4OS/c1-7-6-18-13(23-7)19-12(22)8(2)21-10(9-3-4-9)5-11(20-21)14(15,16)17/h5-6,8-9H,3-4H2,1-2H3,(H,18,19,22). The van der Waals surface area contributed by atoms with Crippen LogP contribution in [0.2, 0.25) is 0 Å². The molecule has 9 heteroatoms. The summed E-state index contributed by atoms with van der Waals surface area (Å²) in [6.45, 7) is 3.39. The Morgan fingerprint density at radius 1 is 1.48 bits per heavy atom. The third kappa shape index (κ3) is 3.39. The zero-order valence-corrected chi connectivity index (χ0v) is 13.3. The molecule has 1 amide bonds. The van der Waals surface area contributed by atoms with Crippen molar-refractivity contribution in [1.29, 1.82) is 0 Å². The largest absolute Gasteiger partial charge is 0.435 e. The first-order valence-electron chi connectivity index (χ1n) is 7.15. The number of anilines is 1. The van der Waals surface area contributed by atoms with Crippen molar-refractivity contribution in [3.63, 3.8) is 0 Å². The predicted molar refractivity (Wildman–Crippen MR) is 79.4 cm³/mol. The average Bonchev–Trinajstić information content (AvgIpc) is 3.07. The van der Waals surface area contributed by atoms with E-state index in [4.69, 9.17) is 0 Å². The maximum absolute atomic E-state index is 12.9. The fraction of sp³-hybridized carbons (Fsp3) is 0.500. The molecule has 2 aromatic heterocycles. The van der Waals surface area contributed by atoms with Gasteiger partial charge in [-0.05, 0) is 32.8 Å². The summed E-state index contributed by atoms with van der Waals surface area (Å²) < 4.78 is 39.9. The molecule has 5 nitrogen and oxygen atoms in total. The first-order valence-corrected chi connectivity index (χ1v) is 7.97. The van der Waals surface area contributed by atoms with Gasteiger partial charge in [0.2, 0.25) is 0 Å². The van der Waals surface area contributed by atoms with Crippen LogP contribution < -0.4 is 5.32 Å². The molecule has 0 bridgehead atoms. The number of carbonyl (C=O) groups is 1. The molecule has 2 heterocycles. The second-order valence-electron chi connectivity index (χ2n) is 5.61. The van der Waals surface area contributed by atoms with E-state index in [1.54, 1.807) is 6.20 Å². The lowest BCUT2D eigenvalue weighted by Gasteiger charge is -2.14. The molecule has 0 spiro atoms. The van der Waals surface area contributed by atoms with E-state index in [1.165, 1.54) is 22.9 Å². The van der Waals surface area contributed by atoms with Crippen molar-refractivity contribution in [2.75, 3.05) is 5.32 Å². The average molecular weight is 344 g/mol. The van der Waals surface area contributed by atoms with E-state index in [0.717, 1.165) is 23.8 Å². The minimum Gasteiger partial charge on any atom is -0.300 e. The van der Waals surface area contributed by atoms with Crippen LogP contribution in [0.15, 0.2) is 12.3 Å². The van der Waals surface area contributed by atoms with Crippen molar-refractivity contribution in [3.8, 4) is 0 Å². The molecular formula is C14H15F3N4OS. The molecule has 0 aliphatic heterocycles. The lowest BCUT2D eigenvalue weighted by atomic mass is 10.2. The van der Waals surface area contributed by atoms with Gasteiger partial charge >= 0.3 is 6.18 Å². The van der Waals surface area contributed by atoms with E-state index < -0.39 is 23.8 Å². The number of hydrogen-bond donors (Lipinski definition) is 1. The number of halogens is 3. The van der Waals surface area contributed by atoms with Gasteiger partial charge in [-0.2, -0.15) is 18.3 Å². The number of thiazole rings is 1. The van der Waals surface area contributed by atoms with Gasteiger partial charge in [-0.1, -0.05) is 0 Å². The lowest BCUT2D eigenvalue weighted by molar-refractivity contribution is -0.141. The second-order valence-corrected chi connectivity index (χ2v) is 6.85. The van der Waals surface area contributed by atoms with E-state index in [1.807, 2.05) is 6.92 Å². The Hall–Kier alpha value is -1.90. The Kier molecular flexibility index (Phi) is 3.91. The molecule has 2 aromatic rings. The number of nitrogens with one attached hydrogen (secondary N) is 1. The van der Waals surface area contributed by atoms with Crippen LogP contribution in [0.25, 0.3) is 0 Å². The van der Waals surface area contributed by atoms with Crippen molar-refractivity contribution in [2.45, 2.75) is 44.8 Å². The molecule has 1 atom stereocenters. The van der Waals surface area contributed by atoms with Gasteiger partial charge in [-0.15, -0.1) is 11.3 Å². The van der Waals surface area contributed by atoms with E-state index in [-0.39, 0.29) is 5.92 Å². The zero-order valence-electron chi connectivity index (χ0n) is 12.5. The topological polar surface area (TPSA) is 59.8 Å². The molecule has 3 rings (SSSR count). The van der Waals surface area contributed by atoms with Crippen molar-refractivity contribution in [3.05, 3.63) is 28.5 Å². The highest BCUT2D eigenvalue weighted by atomic mass is 32.1. The summed E-state index contributed by atoms with van der Waals surface area (Å²) in [5.41, 5.74) is -0.487. The van der Waals surface area contributed by atoms with E-state index in [0.29, 0.717) is 10.8 Å². The molecule has 1 fully saturated rings. The maximum Gasteiger partial charge on any atom is 0.435 e. The van der Waals surface area contributed by atoms with Crippen LogP contribution in [0.1, 0.15) is 48.0 Å². The molecule has 1 aliphatic carbocycles. The number of carbonyl (C=O) groups excluding carboxylic acids is 1. The normalized spacial score (nSPS) is 16.4. The monoisotopic (exact) mass is 344 g/mol. The van der Waals surface area contributed by atoms with Gasteiger partial charge in [-0.3, -0.25) is 9.48 Å². The van der Waals surface area contributed by atoms with Crippen molar-refractivity contribution < 1.29 is 18.0 Å². The van der Waals surface area contributed by atoms with Crippen molar-refractivity contribution in [2.24, 2.45) is 0 Å². The van der Waals surface area contributed by atoms with Crippen LogP contribution in [0, 0.1) is 6.92 Å². The van der Waals surface area contributed by atoms with Gasteiger partial charge in [0.1, 0.15) is 6.04 Å². The van der Waals surface area contributed by atoms with Gasteiger partial charge in [0.25, 0.3) is 5.91 Å². The lowest BCUT2D eigenvalue weighted by Crippen LogP contribution is -2.26. The molecule has 0 radical (unpaired) electrons. The summed E-state index contributed by atoms with van der Waals surface area (Å²) in [6, 6.07) is 0.209. The summed E-state index contributed by atoms with van der Waals surface area (Å²) in [5.74, 6) is -0.381. The van der Waals surface area contributed by atoms with E-state index in [9.17, 15) is 18.0 Å². The van der Waals surface area contributed by atoms with Crippen LogP contribution in [0.5, 0.6) is 0 Å². The van der Waals surface area contributed by atoms with Crippen LogP contribution in [-0.2, 0) is 11.0 Å². The molecule has 1 N–H and O–H groups in total. The quantitative estimate of drug-likeness (QED) is 0.919. The molecule has 0 aromatic carbocycles. The molecule has 1 aliphatic rings. The Labute approximate surface area is 134 Å². The maximum atomic E-state index is 12.9. The molecule has 1 saturated carbocycles. The summed E-state index contributed by atoms with van der Waals surface area (Å²) in [4.78, 5) is 17.2. The third-order valence-corrected chi connectivity index (χ3v) is 4.48. The van der Waals surface area contributed by atoms with Crippen LogP contribution in [0.3, 0.4) is 0 Å². The number of alkyl halides is 3. The smallest absolute Gasteiger partial charge is 0.300 e. The molecule has 0 saturated heterocycles. The summed E-state index contributed by atoms with van der Waals surface area (Å²) >= 11 is 1.31. The van der Waals surface area contributed by atoms with Crippen molar-refractivity contribution >= 4 is 22.4 Å². The van der Waals surface area contributed by atoms with Gasteiger partial charge in [0, 0.05) is 22.7 Å². The predicted octanol–water partition coefficient (Wildman–Crippen LogP) is 3.74. The number of aromatic nitrogens is 3. The number of amides is 1. The van der Waals surface area contributed by atoms with Gasteiger partial charge in [0.15, 0.2) is 10.8 Å². The number of nitrogens with zero attached hydrogens (tertiary/aromatic N) is 3. The first kappa shape index (κ1) is 16.0. The Morgan fingerprint density at radius 3 is 2.70 bits per heavy atom. The van der Waals surface area contributed by atoms with Crippen LogP contribution >= 0.6 is 11.3 Å². The summed E-state index contributed by atoms with van der Waals surface area (Å²) in [7, 11) is 0. The summed E-state index contributed by atoms with van der Waals surface area (Å²) in [5, 5.41) is 6.67.